The number of rotatable bonds is 2. The van der Waals surface area contributed by atoms with Gasteiger partial charge < -0.3 is 9.47 Å². The molecule has 0 aliphatic heterocycles. The van der Waals surface area contributed by atoms with Gasteiger partial charge in [0.05, 0.1) is 0 Å². The van der Waals surface area contributed by atoms with Crippen LogP contribution in [0.4, 0.5) is 0 Å². The quantitative estimate of drug-likeness (QED) is 0.338. The first-order chi connectivity index (χ1) is 13.6. The van der Waals surface area contributed by atoms with Crippen LogP contribution in [0.25, 0.3) is 0 Å². The molecule has 0 spiro atoms. The molecule has 6 atom stereocenters. The molecule has 4 rings (SSSR count). The maximum absolute atomic E-state index is 11.5. The van der Waals surface area contributed by atoms with Crippen molar-refractivity contribution in [2.45, 2.75) is 92.1 Å². The molecule has 3 fully saturated rings. The fourth-order valence-corrected chi connectivity index (χ4v) is 7.63. The lowest BCUT2D eigenvalue weighted by Crippen LogP contribution is -2.49. The molecule has 4 aliphatic carbocycles. The number of allylic oxidation sites excluding steroid dienone is 3. The van der Waals surface area contributed by atoms with Crippen LogP contribution >= 0.6 is 0 Å². The van der Waals surface area contributed by atoms with Crippen LogP contribution in [0.1, 0.15) is 86.0 Å². The van der Waals surface area contributed by atoms with Gasteiger partial charge in [-0.2, -0.15) is 0 Å². The second kappa shape index (κ2) is 7.28. The highest BCUT2D eigenvalue weighted by Crippen LogP contribution is 2.66. The fourth-order valence-electron chi connectivity index (χ4n) is 7.63. The highest BCUT2D eigenvalue weighted by atomic mass is 16.5. The van der Waals surface area contributed by atoms with Crippen LogP contribution in [0.5, 0.6) is 0 Å². The molecule has 6 unspecified atom stereocenters. The Morgan fingerprint density at radius 1 is 0.966 bits per heavy atom. The predicted molar refractivity (Wildman–Crippen MR) is 112 cm³/mol. The number of carbonyl (C=O) groups excluding carboxylic acids is 2. The molecular weight excluding hydrogens is 364 g/mol. The first-order valence-electron chi connectivity index (χ1n) is 11.4. The smallest absolute Gasteiger partial charge is 0.307 e. The Bertz CT molecular complexity index is 778. The molecule has 4 nitrogen and oxygen atoms in total. The van der Waals surface area contributed by atoms with E-state index >= 15 is 0 Å². The molecule has 0 aromatic heterocycles. The maximum Gasteiger partial charge on any atom is 0.307 e. The van der Waals surface area contributed by atoms with Crippen molar-refractivity contribution < 1.29 is 19.1 Å². The van der Waals surface area contributed by atoms with Gasteiger partial charge >= 0.3 is 11.9 Å². The van der Waals surface area contributed by atoms with E-state index < -0.39 is 0 Å². The maximum atomic E-state index is 11.5. The van der Waals surface area contributed by atoms with Crippen molar-refractivity contribution in [2.24, 2.45) is 28.6 Å². The summed E-state index contributed by atoms with van der Waals surface area (Å²) in [5.41, 5.74) is 3.33. The minimum absolute atomic E-state index is 0.0598. The van der Waals surface area contributed by atoms with Gasteiger partial charge in [-0.1, -0.05) is 25.5 Å². The van der Waals surface area contributed by atoms with E-state index in [0.717, 1.165) is 37.9 Å². The lowest BCUT2D eigenvalue weighted by molar-refractivity contribution is -0.148. The Hall–Kier alpha value is -1.58. The zero-order chi connectivity index (χ0) is 21.0. The van der Waals surface area contributed by atoms with E-state index in [9.17, 15) is 9.59 Å². The number of fused-ring (bicyclic) bond motifs is 5. The number of esters is 2. The Labute approximate surface area is 175 Å². The fraction of sp³-hybridized carbons (Fsp3) is 0.760. The monoisotopic (exact) mass is 400 g/mol. The van der Waals surface area contributed by atoms with E-state index in [4.69, 9.17) is 9.47 Å². The normalized spacial score (nSPS) is 42.7. The number of ether oxygens (including phenoxy) is 2. The van der Waals surface area contributed by atoms with Crippen molar-refractivity contribution in [2.75, 3.05) is 0 Å². The average molecular weight is 401 g/mol. The molecule has 29 heavy (non-hydrogen) atoms. The summed E-state index contributed by atoms with van der Waals surface area (Å²) in [6, 6.07) is 0. The van der Waals surface area contributed by atoms with Gasteiger partial charge in [0.1, 0.15) is 11.9 Å². The molecule has 0 heterocycles. The largest absolute Gasteiger partial charge is 0.462 e. The van der Waals surface area contributed by atoms with Gasteiger partial charge in [0.2, 0.25) is 0 Å². The zero-order valence-corrected chi connectivity index (χ0v) is 18.7. The van der Waals surface area contributed by atoms with E-state index in [2.05, 4.69) is 19.9 Å². The highest BCUT2D eigenvalue weighted by Gasteiger charge is 2.57. The summed E-state index contributed by atoms with van der Waals surface area (Å²) < 4.78 is 11.1. The molecule has 0 aromatic rings. The Morgan fingerprint density at radius 3 is 2.34 bits per heavy atom. The summed E-state index contributed by atoms with van der Waals surface area (Å²) >= 11 is 0. The Morgan fingerprint density at radius 2 is 1.66 bits per heavy atom. The van der Waals surface area contributed by atoms with Crippen LogP contribution in [0.2, 0.25) is 0 Å². The summed E-state index contributed by atoms with van der Waals surface area (Å²) in [7, 11) is 0. The highest BCUT2D eigenvalue weighted by molar-refractivity contribution is 5.67. The van der Waals surface area contributed by atoms with Gasteiger partial charge in [-0.25, -0.2) is 0 Å². The van der Waals surface area contributed by atoms with Crippen LogP contribution in [0.3, 0.4) is 0 Å². The van der Waals surface area contributed by atoms with Gasteiger partial charge in [-0.05, 0) is 86.0 Å². The van der Waals surface area contributed by atoms with Gasteiger partial charge in [0.25, 0.3) is 0 Å². The lowest BCUT2D eigenvalue weighted by Gasteiger charge is -2.57. The van der Waals surface area contributed by atoms with E-state index in [0.29, 0.717) is 17.8 Å². The molecule has 0 amide bonds. The second-order valence-corrected chi connectivity index (χ2v) is 10.4. The van der Waals surface area contributed by atoms with Gasteiger partial charge in [0.15, 0.2) is 0 Å². The van der Waals surface area contributed by atoms with Crippen molar-refractivity contribution in [1.82, 2.24) is 0 Å². The number of hydrogen-bond donors (Lipinski definition) is 0. The van der Waals surface area contributed by atoms with Crippen LogP contribution in [0.15, 0.2) is 23.0 Å². The molecule has 0 bridgehead atoms. The molecule has 4 aliphatic rings. The predicted octanol–water partition coefficient (Wildman–Crippen LogP) is 5.72. The van der Waals surface area contributed by atoms with E-state index in [-0.39, 0.29) is 28.9 Å². The van der Waals surface area contributed by atoms with Crippen LogP contribution in [-0.4, -0.2) is 18.0 Å². The van der Waals surface area contributed by atoms with E-state index in [1.165, 1.54) is 44.3 Å². The molecular formula is C25H36O4. The first kappa shape index (κ1) is 20.7. The molecule has 0 N–H and O–H groups in total. The van der Waals surface area contributed by atoms with Gasteiger partial charge in [-0.3, -0.25) is 9.59 Å². The summed E-state index contributed by atoms with van der Waals surface area (Å²) in [6.07, 6.45) is 11.4. The number of hydrogen-bond acceptors (Lipinski definition) is 4. The molecule has 0 aromatic carbocycles. The van der Waals surface area contributed by atoms with Crippen molar-refractivity contribution in [3.05, 3.63) is 23.0 Å². The zero-order valence-electron chi connectivity index (χ0n) is 18.7. The molecule has 0 saturated heterocycles. The van der Waals surface area contributed by atoms with Crippen LogP contribution < -0.4 is 0 Å². The van der Waals surface area contributed by atoms with Gasteiger partial charge in [0, 0.05) is 20.3 Å². The summed E-state index contributed by atoms with van der Waals surface area (Å²) in [5.74, 6) is 2.57. The van der Waals surface area contributed by atoms with Crippen LogP contribution in [0, 0.1) is 28.6 Å². The molecule has 160 valence electrons. The first-order valence-corrected chi connectivity index (χ1v) is 11.4. The van der Waals surface area contributed by atoms with Crippen molar-refractivity contribution in [1.29, 1.82) is 0 Å². The lowest BCUT2D eigenvalue weighted by atomic mass is 9.48. The van der Waals surface area contributed by atoms with E-state index in [1.807, 2.05) is 6.92 Å². The van der Waals surface area contributed by atoms with Crippen LogP contribution in [-0.2, 0) is 19.1 Å². The van der Waals surface area contributed by atoms with Gasteiger partial charge in [-0.15, -0.1) is 0 Å². The summed E-state index contributed by atoms with van der Waals surface area (Å²) in [5, 5.41) is 0. The third-order valence-corrected chi connectivity index (χ3v) is 8.90. The molecule has 0 radical (unpaired) electrons. The van der Waals surface area contributed by atoms with Crippen molar-refractivity contribution >= 4 is 11.9 Å². The average Bonchev–Trinajstić information content (AvgIpc) is 2.98. The third kappa shape index (κ3) is 3.37. The minimum Gasteiger partial charge on any atom is -0.462 e. The number of carbonyl (C=O) groups is 2. The molecule has 3 saturated carbocycles. The topological polar surface area (TPSA) is 52.6 Å². The summed E-state index contributed by atoms with van der Waals surface area (Å²) in [6.45, 7) is 9.88. The third-order valence-electron chi connectivity index (χ3n) is 8.90. The minimum atomic E-state index is -0.210. The standard InChI is InChI=1S/C25H36O4/c1-15(28-16(2)26)21-8-9-22-20-7-6-18-14-19(29-17(3)27)10-12-24(18,4)23(20)11-13-25(21,22)5/h6,19-20,22-23H,7-14H2,1-5H3/b21-15-. The second-order valence-electron chi connectivity index (χ2n) is 10.4. The Kier molecular flexibility index (Phi) is 5.19. The Balaban J connectivity index is 1.59. The van der Waals surface area contributed by atoms with E-state index in [1.54, 1.807) is 0 Å². The van der Waals surface area contributed by atoms with Crippen molar-refractivity contribution in [3.8, 4) is 0 Å². The molecule has 4 heteroatoms. The SMILES string of the molecule is CC(=O)O/C(C)=C1/CCC2C3CC=C4CC(OC(C)=O)CCC4(C)C3CCC12C. The van der Waals surface area contributed by atoms with Crippen molar-refractivity contribution in [3.63, 3.8) is 0 Å². The summed E-state index contributed by atoms with van der Waals surface area (Å²) in [4.78, 5) is 22.9.